The average molecular weight is 187 g/mol. The Morgan fingerprint density at radius 3 is 2.77 bits per heavy atom. The molecule has 2 N–H and O–H groups in total. The maximum atomic E-state index is 11.2. The minimum Gasteiger partial charge on any atom is -0.468 e. The number of aliphatic hydroxyl groups excluding tert-OH is 1. The number of carbonyl (C=O) groups excluding carboxylic acids is 1. The number of hydrogen-bond acceptors (Lipinski definition) is 5. The van der Waals surface area contributed by atoms with Gasteiger partial charge in [0.2, 0.25) is 0 Å². The Bertz CT molecular complexity index is 199. The molecule has 0 aromatic heterocycles. The van der Waals surface area contributed by atoms with E-state index >= 15 is 0 Å². The maximum absolute atomic E-state index is 11.2. The SMILES string of the molecule is COC(=O)[C@@H]1C[C@H](O)CN1B(C)O. The minimum atomic E-state index is -0.735. The van der Waals surface area contributed by atoms with E-state index in [0.29, 0.717) is 13.0 Å². The van der Waals surface area contributed by atoms with Crippen molar-refractivity contribution in [2.45, 2.75) is 25.4 Å². The summed E-state index contributed by atoms with van der Waals surface area (Å²) in [6.07, 6.45) is -0.226. The molecule has 0 spiro atoms. The smallest absolute Gasteiger partial charge is 0.377 e. The Labute approximate surface area is 77.4 Å². The number of hydrogen-bond donors (Lipinski definition) is 2. The molecule has 1 heterocycles. The first-order valence-corrected chi connectivity index (χ1v) is 4.26. The molecule has 74 valence electrons. The van der Waals surface area contributed by atoms with Crippen molar-refractivity contribution < 1.29 is 19.7 Å². The maximum Gasteiger partial charge on any atom is 0.377 e. The van der Waals surface area contributed by atoms with E-state index in [4.69, 9.17) is 0 Å². The molecule has 0 radical (unpaired) electrons. The number of aliphatic hydroxyl groups is 1. The highest BCUT2D eigenvalue weighted by Crippen LogP contribution is 2.19. The van der Waals surface area contributed by atoms with Crippen LogP contribution in [-0.2, 0) is 9.53 Å². The minimum absolute atomic E-state index is 0.317. The highest BCUT2D eigenvalue weighted by Gasteiger charge is 2.39. The first-order chi connectivity index (χ1) is 6.06. The molecule has 1 aliphatic rings. The van der Waals surface area contributed by atoms with Crippen molar-refractivity contribution >= 4 is 13.0 Å². The van der Waals surface area contributed by atoms with Crippen LogP contribution in [0.25, 0.3) is 0 Å². The number of β-amino-alcohol motifs (C(OH)–C–C–N with tert-alkyl or cyclic N) is 1. The van der Waals surface area contributed by atoms with Gasteiger partial charge in [0.15, 0.2) is 0 Å². The highest BCUT2D eigenvalue weighted by atomic mass is 16.5. The van der Waals surface area contributed by atoms with Crippen LogP contribution in [0.1, 0.15) is 6.42 Å². The van der Waals surface area contributed by atoms with Crippen LogP contribution < -0.4 is 0 Å². The zero-order valence-corrected chi connectivity index (χ0v) is 7.80. The summed E-state index contributed by atoms with van der Waals surface area (Å²) in [6, 6.07) is -0.514. The van der Waals surface area contributed by atoms with Gasteiger partial charge in [0.25, 0.3) is 0 Å². The van der Waals surface area contributed by atoms with Crippen molar-refractivity contribution in [2.75, 3.05) is 13.7 Å². The summed E-state index contributed by atoms with van der Waals surface area (Å²) in [5.41, 5.74) is 0. The van der Waals surface area contributed by atoms with E-state index in [1.807, 2.05) is 0 Å². The van der Waals surface area contributed by atoms with Gasteiger partial charge >= 0.3 is 13.0 Å². The molecule has 1 fully saturated rings. The molecule has 0 aromatic carbocycles. The summed E-state index contributed by atoms with van der Waals surface area (Å²) in [6.45, 7) is 1.88. The van der Waals surface area contributed by atoms with E-state index in [2.05, 4.69) is 4.74 Å². The lowest BCUT2D eigenvalue weighted by atomic mass is 9.84. The lowest BCUT2D eigenvalue weighted by Crippen LogP contribution is -2.45. The van der Waals surface area contributed by atoms with Gasteiger partial charge < -0.3 is 19.7 Å². The zero-order chi connectivity index (χ0) is 10.0. The second-order valence-corrected chi connectivity index (χ2v) is 3.26. The predicted octanol–water partition coefficient (Wildman–Crippen LogP) is -1.30. The summed E-state index contributed by atoms with van der Waals surface area (Å²) >= 11 is 0. The number of carbonyl (C=O) groups is 1. The fraction of sp³-hybridized carbons (Fsp3) is 0.857. The van der Waals surface area contributed by atoms with Crippen molar-refractivity contribution in [3.8, 4) is 0 Å². The Kier molecular flexibility index (Phi) is 3.30. The van der Waals surface area contributed by atoms with Gasteiger partial charge in [-0.25, -0.2) is 0 Å². The average Bonchev–Trinajstić information content (AvgIpc) is 2.46. The summed E-state index contributed by atoms with van der Waals surface area (Å²) in [5.74, 6) is -0.405. The van der Waals surface area contributed by atoms with Gasteiger partial charge in [0.05, 0.1) is 13.2 Å². The van der Waals surface area contributed by atoms with Crippen molar-refractivity contribution in [1.82, 2.24) is 4.81 Å². The van der Waals surface area contributed by atoms with E-state index in [-0.39, 0.29) is 0 Å². The van der Waals surface area contributed by atoms with Crippen LogP contribution in [0.5, 0.6) is 0 Å². The molecule has 1 rings (SSSR count). The van der Waals surface area contributed by atoms with Crippen molar-refractivity contribution in [3.05, 3.63) is 0 Å². The molecule has 0 bridgehead atoms. The van der Waals surface area contributed by atoms with Gasteiger partial charge in [-0.05, 0) is 13.2 Å². The molecule has 0 unspecified atom stereocenters. The molecule has 2 atom stereocenters. The molecule has 0 amide bonds. The monoisotopic (exact) mass is 187 g/mol. The fourth-order valence-electron chi connectivity index (χ4n) is 1.62. The third kappa shape index (κ3) is 2.21. The first kappa shape index (κ1) is 10.5. The molecule has 6 heteroatoms. The highest BCUT2D eigenvalue weighted by molar-refractivity contribution is 6.45. The van der Waals surface area contributed by atoms with Gasteiger partial charge in [-0.1, -0.05) is 0 Å². The normalized spacial score (nSPS) is 28.9. The van der Waals surface area contributed by atoms with Crippen LogP contribution in [0.2, 0.25) is 6.82 Å². The van der Waals surface area contributed by atoms with Crippen molar-refractivity contribution in [2.24, 2.45) is 0 Å². The lowest BCUT2D eigenvalue weighted by molar-refractivity contribution is -0.144. The van der Waals surface area contributed by atoms with Gasteiger partial charge in [-0.3, -0.25) is 4.79 Å². The van der Waals surface area contributed by atoms with Crippen LogP contribution in [0.3, 0.4) is 0 Å². The molecule has 13 heavy (non-hydrogen) atoms. The third-order valence-electron chi connectivity index (χ3n) is 2.27. The van der Waals surface area contributed by atoms with Crippen LogP contribution >= 0.6 is 0 Å². The molecule has 0 aromatic rings. The van der Waals surface area contributed by atoms with Crippen molar-refractivity contribution in [1.29, 1.82) is 0 Å². The molecule has 0 saturated carbocycles. The number of ether oxygens (including phenoxy) is 1. The molecule has 1 saturated heterocycles. The van der Waals surface area contributed by atoms with Gasteiger partial charge in [0.1, 0.15) is 6.04 Å². The first-order valence-electron chi connectivity index (χ1n) is 4.26. The topological polar surface area (TPSA) is 70.0 Å². The second kappa shape index (κ2) is 4.08. The van der Waals surface area contributed by atoms with Gasteiger partial charge in [0, 0.05) is 6.54 Å². The lowest BCUT2D eigenvalue weighted by Gasteiger charge is -2.22. The number of methoxy groups -OCH3 is 1. The zero-order valence-electron chi connectivity index (χ0n) is 7.80. The van der Waals surface area contributed by atoms with E-state index in [9.17, 15) is 14.9 Å². The third-order valence-corrected chi connectivity index (χ3v) is 2.27. The van der Waals surface area contributed by atoms with Crippen LogP contribution in [0.15, 0.2) is 0 Å². The van der Waals surface area contributed by atoms with E-state index < -0.39 is 25.2 Å². The fourth-order valence-corrected chi connectivity index (χ4v) is 1.62. The van der Waals surface area contributed by atoms with Crippen LogP contribution in [0, 0.1) is 0 Å². The summed E-state index contributed by atoms with van der Waals surface area (Å²) < 4.78 is 4.56. The molecular formula is C7H14BNO4. The standard InChI is InChI=1S/C7H14BNO4/c1-8(12)9-4-5(10)3-6(9)7(11)13-2/h5-6,10,12H,3-4H2,1-2H3/t5-,6-/m0/s1. The summed E-state index contributed by atoms with van der Waals surface area (Å²) in [7, 11) is 0.564. The molecule has 5 nitrogen and oxygen atoms in total. The summed E-state index contributed by atoms with van der Waals surface area (Å²) in [4.78, 5) is 12.7. The van der Waals surface area contributed by atoms with E-state index in [0.717, 1.165) is 0 Å². The Hall–Kier alpha value is -0.585. The van der Waals surface area contributed by atoms with Crippen LogP contribution in [-0.4, -0.2) is 53.8 Å². The molecular weight excluding hydrogens is 173 g/mol. The number of nitrogens with zero attached hydrogens (tertiary/aromatic N) is 1. The molecule has 1 aliphatic heterocycles. The molecule has 0 aliphatic carbocycles. The Balaban J connectivity index is 2.66. The predicted molar refractivity (Wildman–Crippen MR) is 47.0 cm³/mol. The van der Waals surface area contributed by atoms with E-state index in [1.54, 1.807) is 6.82 Å². The quantitative estimate of drug-likeness (QED) is 0.415. The Morgan fingerprint density at radius 2 is 2.31 bits per heavy atom. The second-order valence-electron chi connectivity index (χ2n) is 3.26. The largest absolute Gasteiger partial charge is 0.468 e. The summed E-state index contributed by atoms with van der Waals surface area (Å²) in [5, 5.41) is 18.6. The number of rotatable bonds is 2. The van der Waals surface area contributed by atoms with E-state index in [1.165, 1.54) is 11.9 Å². The number of esters is 1. The van der Waals surface area contributed by atoms with Gasteiger partial charge in [-0.2, -0.15) is 0 Å². The van der Waals surface area contributed by atoms with Crippen molar-refractivity contribution in [3.63, 3.8) is 0 Å². The van der Waals surface area contributed by atoms with Gasteiger partial charge in [-0.15, -0.1) is 0 Å². The Morgan fingerprint density at radius 1 is 1.69 bits per heavy atom. The van der Waals surface area contributed by atoms with Crippen LogP contribution in [0.4, 0.5) is 0 Å².